The van der Waals surface area contributed by atoms with E-state index in [1.807, 2.05) is 30.3 Å². The van der Waals surface area contributed by atoms with Gasteiger partial charge in [0.25, 0.3) is 0 Å². The van der Waals surface area contributed by atoms with Crippen molar-refractivity contribution >= 4 is 11.4 Å². The first-order valence-corrected chi connectivity index (χ1v) is 7.19. The van der Waals surface area contributed by atoms with Crippen LogP contribution in [-0.4, -0.2) is 19.9 Å². The molecule has 22 heavy (non-hydrogen) atoms. The second kappa shape index (κ2) is 7.57. The predicted molar refractivity (Wildman–Crippen MR) is 85.1 cm³/mol. The van der Waals surface area contributed by atoms with E-state index in [0.29, 0.717) is 0 Å². The molecule has 1 aliphatic carbocycles. The largest absolute Gasteiger partial charge is 0.497 e. The molecule has 1 radical (unpaired) electrons. The Bertz CT molecular complexity index is 665. The Morgan fingerprint density at radius 3 is 2.23 bits per heavy atom. The molecule has 2 aromatic rings. The number of rotatable bonds is 3. The molecule has 0 heterocycles. The number of aliphatic imine (C=N–C) groups is 1. The fourth-order valence-corrected chi connectivity index (χ4v) is 2.70. The molecule has 0 spiro atoms. The van der Waals surface area contributed by atoms with Crippen LogP contribution in [0.5, 0.6) is 11.5 Å². The molecule has 0 saturated carbocycles. The van der Waals surface area contributed by atoms with Crippen LogP contribution in [0.3, 0.4) is 0 Å². The zero-order valence-electron chi connectivity index (χ0n) is 12.8. The SMILES string of the molecule is COc1ccc(N=C2CCCc3cc(OC)ccc32)cc1.[Ir]. The van der Waals surface area contributed by atoms with Crippen molar-refractivity contribution in [2.75, 3.05) is 14.2 Å². The summed E-state index contributed by atoms with van der Waals surface area (Å²) in [5.41, 5.74) is 4.70. The standard InChI is InChI=1S/C18H19NO2.Ir/c1-20-15-8-6-14(7-9-15)19-18-5-3-4-13-12-16(21-2)10-11-17(13)18;/h6-12H,3-5H2,1-2H3;. The summed E-state index contributed by atoms with van der Waals surface area (Å²) in [7, 11) is 3.38. The van der Waals surface area contributed by atoms with Gasteiger partial charge in [0.2, 0.25) is 0 Å². The number of nitrogens with zero attached hydrogens (tertiary/aromatic N) is 1. The van der Waals surface area contributed by atoms with E-state index in [9.17, 15) is 0 Å². The van der Waals surface area contributed by atoms with E-state index in [0.717, 1.165) is 42.2 Å². The van der Waals surface area contributed by atoms with Crippen LogP contribution >= 0.6 is 0 Å². The van der Waals surface area contributed by atoms with Crippen LogP contribution in [0.1, 0.15) is 24.0 Å². The zero-order chi connectivity index (χ0) is 14.7. The first-order chi connectivity index (χ1) is 10.3. The Morgan fingerprint density at radius 2 is 1.55 bits per heavy atom. The number of methoxy groups -OCH3 is 2. The fourth-order valence-electron chi connectivity index (χ4n) is 2.70. The van der Waals surface area contributed by atoms with Crippen molar-refractivity contribution in [3.05, 3.63) is 53.6 Å². The third-order valence-electron chi connectivity index (χ3n) is 3.82. The van der Waals surface area contributed by atoms with Crippen LogP contribution in [0.2, 0.25) is 0 Å². The number of hydrogen-bond acceptors (Lipinski definition) is 3. The van der Waals surface area contributed by atoms with E-state index >= 15 is 0 Å². The molecule has 2 aromatic carbocycles. The minimum Gasteiger partial charge on any atom is -0.497 e. The van der Waals surface area contributed by atoms with Crippen molar-refractivity contribution < 1.29 is 29.6 Å². The van der Waals surface area contributed by atoms with Gasteiger partial charge in [-0.1, -0.05) is 0 Å². The number of benzene rings is 2. The van der Waals surface area contributed by atoms with Crippen molar-refractivity contribution in [2.45, 2.75) is 19.3 Å². The second-order valence-electron chi connectivity index (χ2n) is 5.13. The van der Waals surface area contributed by atoms with Gasteiger partial charge in [-0.3, -0.25) is 4.99 Å². The first kappa shape index (κ1) is 16.7. The van der Waals surface area contributed by atoms with Gasteiger partial charge in [0.1, 0.15) is 11.5 Å². The Balaban J connectivity index is 0.00000176. The molecule has 0 fully saturated rings. The summed E-state index contributed by atoms with van der Waals surface area (Å²) in [6, 6.07) is 14.1. The molecule has 3 nitrogen and oxygen atoms in total. The third-order valence-corrected chi connectivity index (χ3v) is 3.82. The monoisotopic (exact) mass is 474 g/mol. The number of aryl methyl sites for hydroxylation is 1. The maximum Gasteiger partial charge on any atom is 0.119 e. The molecule has 1 aliphatic rings. The van der Waals surface area contributed by atoms with Crippen molar-refractivity contribution in [3.8, 4) is 11.5 Å². The molecule has 0 amide bonds. The van der Waals surface area contributed by atoms with Gasteiger partial charge < -0.3 is 9.47 Å². The van der Waals surface area contributed by atoms with Gasteiger partial charge in [0.05, 0.1) is 19.9 Å². The third kappa shape index (κ3) is 3.57. The number of fused-ring (bicyclic) bond motifs is 1. The van der Waals surface area contributed by atoms with Crippen LogP contribution in [-0.2, 0) is 26.5 Å². The van der Waals surface area contributed by atoms with Gasteiger partial charge in [-0.25, -0.2) is 0 Å². The van der Waals surface area contributed by atoms with Gasteiger partial charge in [-0.15, -0.1) is 0 Å². The van der Waals surface area contributed by atoms with E-state index < -0.39 is 0 Å². The minimum absolute atomic E-state index is 0. The molecule has 0 aliphatic heterocycles. The number of hydrogen-bond donors (Lipinski definition) is 0. The summed E-state index contributed by atoms with van der Waals surface area (Å²) in [5, 5.41) is 0. The normalized spacial score (nSPS) is 14.9. The van der Waals surface area contributed by atoms with Crippen molar-refractivity contribution in [3.63, 3.8) is 0 Å². The maximum atomic E-state index is 5.31. The van der Waals surface area contributed by atoms with E-state index in [-0.39, 0.29) is 20.1 Å². The summed E-state index contributed by atoms with van der Waals surface area (Å²) < 4.78 is 10.5. The molecule has 4 heteroatoms. The first-order valence-electron chi connectivity index (χ1n) is 7.19. The second-order valence-corrected chi connectivity index (χ2v) is 5.13. The Kier molecular flexibility index (Phi) is 5.76. The summed E-state index contributed by atoms with van der Waals surface area (Å²) in [5.74, 6) is 1.77. The summed E-state index contributed by atoms with van der Waals surface area (Å²) >= 11 is 0. The van der Waals surface area contributed by atoms with E-state index in [1.54, 1.807) is 14.2 Å². The van der Waals surface area contributed by atoms with E-state index in [4.69, 9.17) is 14.5 Å². The average molecular weight is 474 g/mol. The molecule has 0 saturated heterocycles. The van der Waals surface area contributed by atoms with Gasteiger partial charge in [0, 0.05) is 25.8 Å². The van der Waals surface area contributed by atoms with Gasteiger partial charge >= 0.3 is 0 Å². The van der Waals surface area contributed by atoms with E-state index in [1.165, 1.54) is 11.1 Å². The molecule has 0 N–H and O–H groups in total. The molecule has 0 atom stereocenters. The Morgan fingerprint density at radius 1 is 0.864 bits per heavy atom. The van der Waals surface area contributed by atoms with Crippen LogP contribution in [0, 0.1) is 0 Å². The van der Waals surface area contributed by atoms with Crippen LogP contribution < -0.4 is 9.47 Å². The summed E-state index contributed by atoms with van der Waals surface area (Å²) in [6.45, 7) is 0. The molecule has 3 rings (SSSR count). The van der Waals surface area contributed by atoms with Crippen molar-refractivity contribution in [1.29, 1.82) is 0 Å². The topological polar surface area (TPSA) is 30.8 Å². The Hall–Kier alpha value is -1.64. The predicted octanol–water partition coefficient (Wildman–Crippen LogP) is 4.16. The molecule has 0 unspecified atom stereocenters. The Labute approximate surface area is 144 Å². The molecular formula is C18H19IrNO2. The van der Waals surface area contributed by atoms with Gasteiger partial charge in [0.15, 0.2) is 0 Å². The number of ether oxygens (including phenoxy) is 2. The summed E-state index contributed by atoms with van der Waals surface area (Å²) in [4.78, 5) is 4.81. The van der Waals surface area contributed by atoms with Gasteiger partial charge in [-0.05, 0) is 72.9 Å². The zero-order valence-corrected chi connectivity index (χ0v) is 15.2. The molecule has 0 aromatic heterocycles. The molecular weight excluding hydrogens is 454 g/mol. The maximum absolute atomic E-state index is 5.31. The van der Waals surface area contributed by atoms with Crippen LogP contribution in [0.15, 0.2) is 47.5 Å². The van der Waals surface area contributed by atoms with E-state index in [2.05, 4.69) is 12.1 Å². The molecule has 117 valence electrons. The van der Waals surface area contributed by atoms with Crippen LogP contribution in [0.4, 0.5) is 5.69 Å². The van der Waals surface area contributed by atoms with Crippen molar-refractivity contribution in [2.24, 2.45) is 4.99 Å². The average Bonchev–Trinajstić information content (AvgIpc) is 2.55. The van der Waals surface area contributed by atoms with Crippen molar-refractivity contribution in [1.82, 2.24) is 0 Å². The van der Waals surface area contributed by atoms with Gasteiger partial charge in [-0.2, -0.15) is 0 Å². The molecule has 0 bridgehead atoms. The minimum atomic E-state index is 0. The quantitative estimate of drug-likeness (QED) is 0.671. The fraction of sp³-hybridized carbons (Fsp3) is 0.278. The van der Waals surface area contributed by atoms with Crippen LogP contribution in [0.25, 0.3) is 0 Å². The smallest absolute Gasteiger partial charge is 0.119 e. The summed E-state index contributed by atoms with van der Waals surface area (Å²) in [6.07, 6.45) is 3.24.